The van der Waals surface area contributed by atoms with E-state index in [2.05, 4.69) is 47.0 Å². The molecule has 0 spiro atoms. The molecule has 4 aromatic rings. The van der Waals surface area contributed by atoms with Crippen molar-refractivity contribution in [2.45, 2.75) is 43.8 Å². The van der Waals surface area contributed by atoms with Gasteiger partial charge in [-0.05, 0) is 60.2 Å². The fraction of sp³-hybridized carbons (Fsp3) is 0.278. The minimum atomic E-state index is -0.346. The fourth-order valence-corrected chi connectivity index (χ4v) is 5.75. The molecule has 2 amide bonds. The Morgan fingerprint density at radius 3 is 1.98 bits per heavy atom. The van der Waals surface area contributed by atoms with Gasteiger partial charge in [-0.1, -0.05) is 110 Å². The summed E-state index contributed by atoms with van der Waals surface area (Å²) in [5, 5.41) is 6.72. The number of nitrogens with two attached hydrogens (primary N) is 1. The summed E-state index contributed by atoms with van der Waals surface area (Å²) in [7, 11) is 0. The van der Waals surface area contributed by atoms with Gasteiger partial charge in [0.2, 0.25) is 5.91 Å². The van der Waals surface area contributed by atoms with Crippen LogP contribution in [0.15, 0.2) is 115 Å². The maximum atomic E-state index is 14.1. The van der Waals surface area contributed by atoms with Gasteiger partial charge in [0, 0.05) is 24.7 Å². The van der Waals surface area contributed by atoms with Crippen LogP contribution in [-0.2, 0) is 4.79 Å². The zero-order chi connectivity index (χ0) is 29.1. The molecule has 2 unspecified atom stereocenters. The number of nitrogens with zero attached hydrogens (tertiary/aromatic N) is 1. The van der Waals surface area contributed by atoms with Crippen LogP contribution in [0.2, 0.25) is 0 Å². The first kappa shape index (κ1) is 29.2. The van der Waals surface area contributed by atoms with E-state index in [1.165, 1.54) is 0 Å². The Balaban J connectivity index is 1.31. The van der Waals surface area contributed by atoms with Crippen molar-refractivity contribution in [3.63, 3.8) is 0 Å². The van der Waals surface area contributed by atoms with Gasteiger partial charge in [0.15, 0.2) is 0 Å². The van der Waals surface area contributed by atoms with Gasteiger partial charge in [0.25, 0.3) is 5.91 Å². The highest BCUT2D eigenvalue weighted by Crippen LogP contribution is 2.31. The minimum absolute atomic E-state index is 0.0402. The van der Waals surface area contributed by atoms with Crippen molar-refractivity contribution >= 4 is 11.8 Å². The predicted molar refractivity (Wildman–Crippen MR) is 169 cm³/mol. The molecule has 0 saturated carbocycles. The molecule has 0 aliphatic carbocycles. The molecule has 6 heteroatoms. The quantitative estimate of drug-likeness (QED) is 0.210. The van der Waals surface area contributed by atoms with Crippen molar-refractivity contribution in [1.29, 1.82) is 0 Å². The standard InChI is InChI=1S/C36H40N4O2/c37-24-11-10-18-33-36(42)40(34(29-14-6-2-7-15-29)30-16-8-3-9-17-30)25-23-32(39-33)26-38-35(41)31-21-19-28(20-22-31)27-12-4-1-5-13-27/h1-9,12-17,19-22,32-34,39H,10-11,18,23-26,37H2,(H,38,41). The second-order valence-corrected chi connectivity index (χ2v) is 10.9. The number of benzene rings is 4. The number of rotatable bonds is 11. The van der Waals surface area contributed by atoms with E-state index < -0.39 is 0 Å². The number of carbonyl (C=O) groups excluding carboxylic acids is 2. The highest BCUT2D eigenvalue weighted by Gasteiger charge is 2.35. The molecule has 2 atom stereocenters. The smallest absolute Gasteiger partial charge is 0.251 e. The van der Waals surface area contributed by atoms with Crippen LogP contribution in [0, 0.1) is 0 Å². The zero-order valence-electron chi connectivity index (χ0n) is 24.0. The Morgan fingerprint density at radius 2 is 1.38 bits per heavy atom. The van der Waals surface area contributed by atoms with Crippen LogP contribution in [-0.4, -0.2) is 48.4 Å². The molecule has 5 rings (SSSR count). The first-order chi connectivity index (χ1) is 20.6. The van der Waals surface area contributed by atoms with Gasteiger partial charge in [-0.25, -0.2) is 0 Å². The monoisotopic (exact) mass is 560 g/mol. The topological polar surface area (TPSA) is 87.5 Å². The second kappa shape index (κ2) is 14.6. The normalized spacial score (nSPS) is 17.2. The Morgan fingerprint density at radius 1 is 0.810 bits per heavy atom. The molecular formula is C36H40N4O2. The van der Waals surface area contributed by atoms with Crippen molar-refractivity contribution < 1.29 is 9.59 Å². The maximum Gasteiger partial charge on any atom is 0.251 e. The van der Waals surface area contributed by atoms with Crippen molar-refractivity contribution in [3.8, 4) is 11.1 Å². The van der Waals surface area contributed by atoms with E-state index in [4.69, 9.17) is 5.73 Å². The van der Waals surface area contributed by atoms with E-state index in [-0.39, 0.29) is 29.9 Å². The van der Waals surface area contributed by atoms with Gasteiger partial charge >= 0.3 is 0 Å². The molecule has 1 saturated heterocycles. The lowest BCUT2D eigenvalue weighted by Gasteiger charge is -2.33. The van der Waals surface area contributed by atoms with Crippen LogP contribution in [0.3, 0.4) is 0 Å². The number of nitrogens with one attached hydrogen (secondary N) is 2. The highest BCUT2D eigenvalue weighted by atomic mass is 16.2. The molecule has 1 aliphatic heterocycles. The molecule has 216 valence electrons. The number of amides is 2. The average molecular weight is 561 g/mol. The SMILES string of the molecule is NCCCCC1NC(CNC(=O)c2ccc(-c3ccccc3)cc2)CCN(C(c2ccccc2)c2ccccc2)C1=O. The summed E-state index contributed by atoms with van der Waals surface area (Å²) in [5.41, 5.74) is 10.8. The van der Waals surface area contributed by atoms with Gasteiger partial charge in [0.1, 0.15) is 0 Å². The van der Waals surface area contributed by atoms with E-state index >= 15 is 0 Å². The molecule has 1 fully saturated rings. The summed E-state index contributed by atoms with van der Waals surface area (Å²) in [6, 6.07) is 37.7. The molecule has 4 N–H and O–H groups in total. The van der Waals surface area contributed by atoms with E-state index in [1.54, 1.807) is 0 Å². The highest BCUT2D eigenvalue weighted by molar-refractivity contribution is 5.94. The van der Waals surface area contributed by atoms with Gasteiger partial charge in [0.05, 0.1) is 12.1 Å². The first-order valence-electron chi connectivity index (χ1n) is 14.9. The van der Waals surface area contributed by atoms with Gasteiger partial charge in [-0.15, -0.1) is 0 Å². The molecule has 0 bridgehead atoms. The molecule has 1 heterocycles. The Kier molecular flexibility index (Phi) is 10.1. The van der Waals surface area contributed by atoms with Crippen LogP contribution in [0.1, 0.15) is 53.2 Å². The maximum absolute atomic E-state index is 14.1. The van der Waals surface area contributed by atoms with Gasteiger partial charge in [-0.3, -0.25) is 9.59 Å². The average Bonchev–Trinajstić information content (AvgIpc) is 3.20. The van der Waals surface area contributed by atoms with Crippen molar-refractivity contribution in [2.75, 3.05) is 19.6 Å². The third-order valence-electron chi connectivity index (χ3n) is 7.99. The van der Waals surface area contributed by atoms with Crippen LogP contribution in [0.25, 0.3) is 11.1 Å². The third kappa shape index (κ3) is 7.32. The van der Waals surface area contributed by atoms with Crippen molar-refractivity contribution in [3.05, 3.63) is 132 Å². The Labute approximate surface area is 248 Å². The summed E-state index contributed by atoms with van der Waals surface area (Å²) < 4.78 is 0. The largest absolute Gasteiger partial charge is 0.350 e. The summed E-state index contributed by atoms with van der Waals surface area (Å²) in [6.45, 7) is 1.62. The van der Waals surface area contributed by atoms with Crippen molar-refractivity contribution in [1.82, 2.24) is 15.5 Å². The van der Waals surface area contributed by atoms with E-state index in [0.717, 1.165) is 41.5 Å². The Hall–Kier alpha value is -4.26. The molecule has 42 heavy (non-hydrogen) atoms. The number of hydrogen-bond acceptors (Lipinski definition) is 4. The van der Waals surface area contributed by atoms with Crippen molar-refractivity contribution in [2.24, 2.45) is 5.73 Å². The summed E-state index contributed by atoms with van der Waals surface area (Å²) in [6.07, 6.45) is 3.16. The summed E-state index contributed by atoms with van der Waals surface area (Å²) >= 11 is 0. The van der Waals surface area contributed by atoms with Crippen LogP contribution < -0.4 is 16.4 Å². The van der Waals surface area contributed by atoms with E-state index in [0.29, 0.717) is 31.6 Å². The molecule has 0 radical (unpaired) electrons. The summed E-state index contributed by atoms with van der Waals surface area (Å²) in [4.78, 5) is 29.2. The third-order valence-corrected chi connectivity index (χ3v) is 7.99. The fourth-order valence-electron chi connectivity index (χ4n) is 5.75. The van der Waals surface area contributed by atoms with E-state index in [1.807, 2.05) is 83.8 Å². The van der Waals surface area contributed by atoms with Gasteiger partial charge in [-0.2, -0.15) is 0 Å². The van der Waals surface area contributed by atoms with Gasteiger partial charge < -0.3 is 21.3 Å². The lowest BCUT2D eigenvalue weighted by atomic mass is 9.96. The summed E-state index contributed by atoms with van der Waals surface area (Å²) in [5.74, 6) is -0.0231. The Bertz CT molecular complexity index is 1370. The molecule has 4 aromatic carbocycles. The lowest BCUT2D eigenvalue weighted by Crippen LogP contribution is -2.49. The first-order valence-corrected chi connectivity index (χ1v) is 14.9. The number of carbonyl (C=O) groups is 2. The number of hydrogen-bond donors (Lipinski definition) is 3. The molecule has 6 nitrogen and oxygen atoms in total. The lowest BCUT2D eigenvalue weighted by molar-refractivity contribution is -0.134. The van der Waals surface area contributed by atoms with Crippen LogP contribution in [0.4, 0.5) is 0 Å². The van der Waals surface area contributed by atoms with Crippen LogP contribution >= 0.6 is 0 Å². The molecule has 0 aromatic heterocycles. The minimum Gasteiger partial charge on any atom is -0.350 e. The second-order valence-electron chi connectivity index (χ2n) is 10.9. The molecule has 1 aliphatic rings. The van der Waals surface area contributed by atoms with Crippen LogP contribution in [0.5, 0.6) is 0 Å². The number of unbranched alkanes of at least 4 members (excludes halogenated alkanes) is 1. The molecular weight excluding hydrogens is 520 g/mol. The zero-order valence-corrected chi connectivity index (χ0v) is 24.0. The van der Waals surface area contributed by atoms with E-state index in [9.17, 15) is 9.59 Å². The predicted octanol–water partition coefficient (Wildman–Crippen LogP) is 5.56.